The number of ether oxygens (including phenoxy) is 1. The average Bonchev–Trinajstić information content (AvgIpc) is 2.29. The summed E-state index contributed by atoms with van der Waals surface area (Å²) in [5.74, 6) is 0.291. The quantitative estimate of drug-likeness (QED) is 0.570. The molecule has 0 radical (unpaired) electrons. The Morgan fingerprint density at radius 3 is 3.06 bits per heavy atom. The van der Waals surface area contributed by atoms with Crippen LogP contribution in [0, 0.1) is 21.4 Å². The van der Waals surface area contributed by atoms with Crippen LogP contribution in [0.1, 0.15) is 12.0 Å². The van der Waals surface area contributed by atoms with Crippen LogP contribution in [-0.4, -0.2) is 17.0 Å². The Hall–Kier alpha value is -2.42. The minimum absolute atomic E-state index is 0.114. The summed E-state index contributed by atoms with van der Waals surface area (Å²) in [5.41, 5.74) is 0.365. The standard InChI is InChI=1S/C10H9N3O3/c1-16-10-8(4-2-3-5-11)6-9(7-12-10)13(14)15/h2,4,6-7H,3H2,1H3. The van der Waals surface area contributed by atoms with Crippen LogP contribution in [0.3, 0.4) is 0 Å². The number of aromatic nitrogens is 1. The summed E-state index contributed by atoms with van der Waals surface area (Å²) >= 11 is 0. The maximum Gasteiger partial charge on any atom is 0.288 e. The number of rotatable bonds is 4. The van der Waals surface area contributed by atoms with Gasteiger partial charge in [0.25, 0.3) is 5.69 Å². The Morgan fingerprint density at radius 2 is 2.50 bits per heavy atom. The largest absolute Gasteiger partial charge is 0.481 e. The number of nitrogens with zero attached hydrogens (tertiary/aromatic N) is 3. The smallest absolute Gasteiger partial charge is 0.288 e. The molecule has 0 spiro atoms. The molecular weight excluding hydrogens is 210 g/mol. The summed E-state index contributed by atoms with van der Waals surface area (Å²) in [5, 5.41) is 18.9. The first-order valence-electron chi connectivity index (χ1n) is 4.41. The van der Waals surface area contributed by atoms with Gasteiger partial charge in [0, 0.05) is 11.6 Å². The van der Waals surface area contributed by atoms with Crippen LogP contribution >= 0.6 is 0 Å². The van der Waals surface area contributed by atoms with Crippen molar-refractivity contribution in [1.82, 2.24) is 4.98 Å². The summed E-state index contributed by atoms with van der Waals surface area (Å²) in [7, 11) is 1.43. The van der Waals surface area contributed by atoms with Gasteiger partial charge in [0.05, 0.1) is 24.5 Å². The molecule has 0 aromatic carbocycles. The van der Waals surface area contributed by atoms with Crippen molar-refractivity contribution >= 4 is 11.8 Å². The second-order valence-electron chi connectivity index (χ2n) is 2.81. The van der Waals surface area contributed by atoms with Gasteiger partial charge in [-0.2, -0.15) is 5.26 Å². The fourth-order valence-corrected chi connectivity index (χ4v) is 1.09. The maximum absolute atomic E-state index is 10.5. The highest BCUT2D eigenvalue weighted by atomic mass is 16.6. The summed E-state index contributed by atoms with van der Waals surface area (Å²) in [6.07, 6.45) is 4.51. The highest BCUT2D eigenvalue weighted by molar-refractivity contribution is 5.58. The number of methoxy groups -OCH3 is 1. The summed E-state index contributed by atoms with van der Waals surface area (Å²) in [6, 6.07) is 3.28. The van der Waals surface area contributed by atoms with Gasteiger partial charge in [-0.05, 0) is 0 Å². The maximum atomic E-state index is 10.5. The predicted molar refractivity (Wildman–Crippen MR) is 56.7 cm³/mol. The van der Waals surface area contributed by atoms with Crippen molar-refractivity contribution in [3.63, 3.8) is 0 Å². The molecule has 0 aliphatic carbocycles. The molecule has 0 bridgehead atoms. The van der Waals surface area contributed by atoms with Crippen molar-refractivity contribution in [2.75, 3.05) is 7.11 Å². The minimum Gasteiger partial charge on any atom is -0.481 e. The van der Waals surface area contributed by atoms with E-state index in [0.717, 1.165) is 6.20 Å². The molecule has 6 heteroatoms. The zero-order valence-corrected chi connectivity index (χ0v) is 8.58. The average molecular weight is 219 g/mol. The fourth-order valence-electron chi connectivity index (χ4n) is 1.09. The number of hydrogen-bond acceptors (Lipinski definition) is 5. The van der Waals surface area contributed by atoms with E-state index in [2.05, 4.69) is 4.98 Å². The summed E-state index contributed by atoms with van der Waals surface area (Å²) in [4.78, 5) is 13.8. The fraction of sp³-hybridized carbons (Fsp3) is 0.200. The second kappa shape index (κ2) is 5.46. The van der Waals surface area contributed by atoms with E-state index in [1.165, 1.54) is 13.2 Å². The SMILES string of the molecule is COc1ncc([N+](=O)[O-])cc1C=CCC#N. The molecule has 16 heavy (non-hydrogen) atoms. The summed E-state index contributed by atoms with van der Waals surface area (Å²) < 4.78 is 4.94. The molecule has 82 valence electrons. The molecule has 6 nitrogen and oxygen atoms in total. The molecule has 0 aliphatic heterocycles. The van der Waals surface area contributed by atoms with E-state index in [4.69, 9.17) is 10.00 Å². The first kappa shape index (κ1) is 11.7. The molecule has 0 saturated heterocycles. The second-order valence-corrected chi connectivity index (χ2v) is 2.81. The van der Waals surface area contributed by atoms with Gasteiger partial charge in [0.2, 0.25) is 5.88 Å². The number of allylic oxidation sites excluding steroid dienone is 1. The first-order chi connectivity index (χ1) is 7.69. The van der Waals surface area contributed by atoms with Crippen molar-refractivity contribution in [1.29, 1.82) is 5.26 Å². The van der Waals surface area contributed by atoms with Gasteiger partial charge >= 0.3 is 0 Å². The third kappa shape index (κ3) is 2.78. The molecule has 1 aromatic heterocycles. The highest BCUT2D eigenvalue weighted by Crippen LogP contribution is 2.21. The molecule has 0 N–H and O–H groups in total. The Labute approximate surface area is 91.9 Å². The van der Waals surface area contributed by atoms with E-state index < -0.39 is 4.92 Å². The molecule has 0 saturated carbocycles. The van der Waals surface area contributed by atoms with Crippen molar-refractivity contribution < 1.29 is 9.66 Å². The lowest BCUT2D eigenvalue weighted by Gasteiger charge is -2.02. The van der Waals surface area contributed by atoms with Crippen LogP contribution in [-0.2, 0) is 0 Å². The Balaban J connectivity index is 3.08. The van der Waals surface area contributed by atoms with Gasteiger partial charge in [-0.15, -0.1) is 0 Å². The van der Waals surface area contributed by atoms with Gasteiger partial charge in [0.15, 0.2) is 0 Å². The van der Waals surface area contributed by atoms with Gasteiger partial charge in [-0.25, -0.2) is 4.98 Å². The molecule has 0 fully saturated rings. The van der Waals surface area contributed by atoms with E-state index >= 15 is 0 Å². The minimum atomic E-state index is -0.534. The van der Waals surface area contributed by atoms with Crippen LogP contribution in [0.2, 0.25) is 0 Å². The van der Waals surface area contributed by atoms with Crippen LogP contribution in [0.15, 0.2) is 18.3 Å². The Kier molecular flexibility index (Phi) is 3.98. The normalized spacial score (nSPS) is 10.0. The highest BCUT2D eigenvalue weighted by Gasteiger charge is 2.10. The lowest BCUT2D eigenvalue weighted by atomic mass is 10.2. The van der Waals surface area contributed by atoms with Gasteiger partial charge in [-0.3, -0.25) is 10.1 Å². The Bertz CT molecular complexity index is 463. The van der Waals surface area contributed by atoms with E-state index in [-0.39, 0.29) is 12.1 Å². The summed E-state index contributed by atoms with van der Waals surface area (Å²) in [6.45, 7) is 0. The van der Waals surface area contributed by atoms with Crippen LogP contribution in [0.5, 0.6) is 5.88 Å². The molecule has 0 atom stereocenters. The molecule has 0 unspecified atom stereocenters. The van der Waals surface area contributed by atoms with Crippen molar-refractivity contribution in [2.24, 2.45) is 0 Å². The number of hydrogen-bond donors (Lipinski definition) is 0. The first-order valence-corrected chi connectivity index (χ1v) is 4.41. The van der Waals surface area contributed by atoms with E-state index in [0.29, 0.717) is 11.4 Å². The zero-order valence-electron chi connectivity index (χ0n) is 8.58. The lowest BCUT2D eigenvalue weighted by molar-refractivity contribution is -0.385. The van der Waals surface area contributed by atoms with Gasteiger partial charge in [0.1, 0.15) is 6.20 Å². The lowest BCUT2D eigenvalue weighted by Crippen LogP contribution is -1.94. The van der Waals surface area contributed by atoms with Crippen molar-refractivity contribution in [3.05, 3.63) is 34.0 Å². The van der Waals surface area contributed by atoms with E-state index in [1.807, 2.05) is 6.07 Å². The van der Waals surface area contributed by atoms with E-state index in [1.54, 1.807) is 12.2 Å². The van der Waals surface area contributed by atoms with Crippen LogP contribution < -0.4 is 4.74 Å². The third-order valence-corrected chi connectivity index (χ3v) is 1.78. The number of nitriles is 1. The molecule has 0 amide bonds. The molecule has 1 heterocycles. The topological polar surface area (TPSA) is 89.1 Å². The third-order valence-electron chi connectivity index (χ3n) is 1.78. The van der Waals surface area contributed by atoms with Crippen LogP contribution in [0.25, 0.3) is 6.08 Å². The van der Waals surface area contributed by atoms with E-state index in [9.17, 15) is 10.1 Å². The van der Waals surface area contributed by atoms with Gasteiger partial charge < -0.3 is 4.74 Å². The molecule has 1 aromatic rings. The molecular formula is C10H9N3O3. The van der Waals surface area contributed by atoms with Crippen molar-refractivity contribution in [2.45, 2.75) is 6.42 Å². The van der Waals surface area contributed by atoms with Crippen molar-refractivity contribution in [3.8, 4) is 11.9 Å². The predicted octanol–water partition coefficient (Wildman–Crippen LogP) is 1.93. The zero-order chi connectivity index (χ0) is 12.0. The number of nitro groups is 1. The van der Waals surface area contributed by atoms with Crippen LogP contribution in [0.4, 0.5) is 5.69 Å². The van der Waals surface area contributed by atoms with Gasteiger partial charge in [-0.1, -0.05) is 12.2 Å². The molecule has 0 aliphatic rings. The molecule has 1 rings (SSSR count). The Morgan fingerprint density at radius 1 is 1.75 bits per heavy atom. The monoisotopic (exact) mass is 219 g/mol. The number of pyridine rings is 1.